The molecule has 0 aliphatic carbocycles. The smallest absolute Gasteiger partial charge is 0.249 e. The summed E-state index contributed by atoms with van der Waals surface area (Å²) in [6, 6.07) is 7.03. The first kappa shape index (κ1) is 17.2. The highest BCUT2D eigenvalue weighted by Crippen LogP contribution is 2.21. The molecule has 8 heteroatoms. The molecule has 2 rings (SSSR count). The molecule has 0 bridgehead atoms. The number of ether oxygens (including phenoxy) is 1. The maximum absolute atomic E-state index is 11.9. The Hall–Kier alpha value is -1.12. The lowest BCUT2D eigenvalue weighted by atomic mass is 10.2. The van der Waals surface area contributed by atoms with Crippen LogP contribution in [-0.2, 0) is 19.6 Å². The molecule has 1 saturated heterocycles. The molecule has 1 amide bonds. The lowest BCUT2D eigenvalue weighted by Gasteiger charge is -2.23. The predicted molar refractivity (Wildman–Crippen MR) is 88.3 cm³/mol. The van der Waals surface area contributed by atoms with Crippen LogP contribution < -0.4 is 9.62 Å². The number of nitrogens with one attached hydrogen (secondary N) is 1. The van der Waals surface area contributed by atoms with Gasteiger partial charge in [-0.15, -0.1) is 0 Å². The number of anilines is 1. The van der Waals surface area contributed by atoms with Crippen LogP contribution >= 0.6 is 15.9 Å². The minimum Gasteiger partial charge on any atom is -0.368 e. The van der Waals surface area contributed by atoms with Gasteiger partial charge in [0.1, 0.15) is 6.10 Å². The summed E-state index contributed by atoms with van der Waals surface area (Å²) in [5.74, 6) is -0.180. The highest BCUT2D eigenvalue weighted by Gasteiger charge is 2.24. The maximum Gasteiger partial charge on any atom is 0.249 e. The van der Waals surface area contributed by atoms with Gasteiger partial charge >= 0.3 is 0 Å². The molecule has 1 fully saturated rings. The number of nitrogens with zero attached hydrogens (tertiary/aromatic N) is 1. The van der Waals surface area contributed by atoms with Crippen LogP contribution in [0.2, 0.25) is 0 Å². The van der Waals surface area contributed by atoms with Crippen molar-refractivity contribution in [3.8, 4) is 0 Å². The first-order chi connectivity index (χ1) is 10.4. The molecule has 1 aromatic carbocycles. The van der Waals surface area contributed by atoms with Crippen LogP contribution in [0.15, 0.2) is 28.7 Å². The monoisotopic (exact) mass is 390 g/mol. The van der Waals surface area contributed by atoms with Gasteiger partial charge in [-0.05, 0) is 31.0 Å². The standard InChI is InChI=1S/C14H19BrN2O4S/c1-22(19,20)17(12-5-2-4-11(15)10-12)8-7-16-14(18)13-6-3-9-21-13/h2,4-5,10,13H,3,6-9H2,1H3,(H,16,18). The van der Waals surface area contributed by atoms with Gasteiger partial charge in [0.25, 0.3) is 0 Å². The molecule has 122 valence electrons. The van der Waals surface area contributed by atoms with Crippen molar-refractivity contribution >= 4 is 37.5 Å². The first-order valence-electron chi connectivity index (χ1n) is 7.00. The zero-order chi connectivity index (χ0) is 16.2. The van der Waals surface area contributed by atoms with Gasteiger partial charge in [-0.1, -0.05) is 22.0 Å². The van der Waals surface area contributed by atoms with Gasteiger partial charge in [0.05, 0.1) is 18.5 Å². The van der Waals surface area contributed by atoms with Crippen molar-refractivity contribution in [3.05, 3.63) is 28.7 Å². The largest absolute Gasteiger partial charge is 0.368 e. The summed E-state index contributed by atoms with van der Waals surface area (Å²) in [6.45, 7) is 1.01. The molecular weight excluding hydrogens is 372 g/mol. The normalized spacial score (nSPS) is 18.2. The Morgan fingerprint density at radius 1 is 1.50 bits per heavy atom. The average molecular weight is 391 g/mol. The molecular formula is C14H19BrN2O4S. The summed E-state index contributed by atoms with van der Waals surface area (Å²) in [5.41, 5.74) is 0.559. The molecule has 1 heterocycles. The summed E-state index contributed by atoms with van der Waals surface area (Å²) in [7, 11) is -3.42. The number of hydrogen-bond donors (Lipinski definition) is 1. The molecule has 22 heavy (non-hydrogen) atoms. The molecule has 1 aliphatic heterocycles. The summed E-state index contributed by atoms with van der Waals surface area (Å²) in [6.07, 6.45) is 2.34. The number of benzene rings is 1. The van der Waals surface area contributed by atoms with Gasteiger partial charge in [0.15, 0.2) is 0 Å². The lowest BCUT2D eigenvalue weighted by Crippen LogP contribution is -2.41. The first-order valence-corrected chi connectivity index (χ1v) is 9.64. The second kappa shape index (κ2) is 7.43. The number of amides is 1. The Balaban J connectivity index is 1.98. The Labute approximate surface area is 139 Å². The average Bonchev–Trinajstić information content (AvgIpc) is 2.96. The van der Waals surface area contributed by atoms with Gasteiger partial charge in [-0.2, -0.15) is 0 Å². The second-order valence-corrected chi connectivity index (χ2v) is 7.93. The number of sulfonamides is 1. The highest BCUT2D eigenvalue weighted by atomic mass is 79.9. The second-order valence-electron chi connectivity index (χ2n) is 5.11. The van der Waals surface area contributed by atoms with Crippen molar-refractivity contribution in [1.82, 2.24) is 5.32 Å². The van der Waals surface area contributed by atoms with Gasteiger partial charge in [0, 0.05) is 17.6 Å². The van der Waals surface area contributed by atoms with E-state index in [0.29, 0.717) is 18.7 Å². The van der Waals surface area contributed by atoms with Gasteiger partial charge in [-0.3, -0.25) is 9.10 Å². The minimum atomic E-state index is -3.42. The van der Waals surface area contributed by atoms with Gasteiger partial charge < -0.3 is 10.1 Å². The molecule has 1 aliphatic rings. The van der Waals surface area contributed by atoms with Crippen LogP contribution in [0, 0.1) is 0 Å². The molecule has 1 N–H and O–H groups in total. The van der Waals surface area contributed by atoms with Crippen molar-refractivity contribution in [3.63, 3.8) is 0 Å². The van der Waals surface area contributed by atoms with E-state index in [1.165, 1.54) is 4.31 Å². The number of carbonyl (C=O) groups excluding carboxylic acids is 1. The Morgan fingerprint density at radius 3 is 2.86 bits per heavy atom. The third kappa shape index (κ3) is 4.69. The fourth-order valence-electron chi connectivity index (χ4n) is 2.30. The quantitative estimate of drug-likeness (QED) is 0.798. The molecule has 0 radical (unpaired) electrons. The molecule has 6 nitrogen and oxygen atoms in total. The van der Waals surface area contributed by atoms with Crippen molar-refractivity contribution in [2.45, 2.75) is 18.9 Å². The third-order valence-corrected chi connectivity index (χ3v) is 5.02. The van der Waals surface area contributed by atoms with Crippen molar-refractivity contribution in [2.24, 2.45) is 0 Å². The molecule has 0 saturated carbocycles. The van der Waals surface area contributed by atoms with E-state index in [1.54, 1.807) is 18.2 Å². The van der Waals surface area contributed by atoms with Crippen LogP contribution in [0.5, 0.6) is 0 Å². The van der Waals surface area contributed by atoms with Crippen molar-refractivity contribution in [1.29, 1.82) is 0 Å². The van der Waals surface area contributed by atoms with Crippen LogP contribution in [-0.4, -0.2) is 46.4 Å². The SMILES string of the molecule is CS(=O)(=O)N(CCNC(=O)C1CCCO1)c1cccc(Br)c1. The maximum atomic E-state index is 11.9. The van der Waals surface area contributed by atoms with Crippen molar-refractivity contribution in [2.75, 3.05) is 30.3 Å². The molecule has 1 aromatic rings. The van der Waals surface area contributed by atoms with E-state index >= 15 is 0 Å². The zero-order valence-corrected chi connectivity index (χ0v) is 14.7. The van der Waals surface area contributed by atoms with E-state index < -0.39 is 16.1 Å². The fourth-order valence-corrected chi connectivity index (χ4v) is 3.60. The number of hydrogen-bond acceptors (Lipinski definition) is 4. The van der Waals surface area contributed by atoms with Gasteiger partial charge in [0.2, 0.25) is 15.9 Å². The van der Waals surface area contributed by atoms with Crippen LogP contribution in [0.1, 0.15) is 12.8 Å². The van der Waals surface area contributed by atoms with E-state index in [9.17, 15) is 13.2 Å². The zero-order valence-electron chi connectivity index (χ0n) is 12.3. The van der Waals surface area contributed by atoms with Crippen LogP contribution in [0.4, 0.5) is 5.69 Å². The fraction of sp³-hybridized carbons (Fsp3) is 0.500. The Bertz CT molecular complexity index is 629. The number of rotatable bonds is 6. The predicted octanol–water partition coefficient (Wildman–Crippen LogP) is 1.51. The van der Waals surface area contributed by atoms with Crippen LogP contribution in [0.25, 0.3) is 0 Å². The molecule has 0 spiro atoms. The summed E-state index contributed by atoms with van der Waals surface area (Å²) in [4.78, 5) is 11.9. The van der Waals surface area contributed by atoms with Crippen LogP contribution in [0.3, 0.4) is 0 Å². The van der Waals surface area contributed by atoms with E-state index in [2.05, 4.69) is 21.2 Å². The van der Waals surface area contributed by atoms with E-state index in [-0.39, 0.29) is 19.0 Å². The summed E-state index contributed by atoms with van der Waals surface area (Å²) >= 11 is 3.33. The topological polar surface area (TPSA) is 75.7 Å². The lowest BCUT2D eigenvalue weighted by molar-refractivity contribution is -0.129. The molecule has 1 unspecified atom stereocenters. The highest BCUT2D eigenvalue weighted by molar-refractivity contribution is 9.10. The van der Waals surface area contributed by atoms with Crippen molar-refractivity contribution < 1.29 is 17.9 Å². The summed E-state index contributed by atoms with van der Waals surface area (Å²) in [5, 5.41) is 2.73. The number of carbonyl (C=O) groups is 1. The Morgan fingerprint density at radius 2 is 2.27 bits per heavy atom. The molecule has 1 atom stereocenters. The Kier molecular flexibility index (Phi) is 5.82. The van der Waals surface area contributed by atoms with E-state index in [0.717, 1.165) is 17.1 Å². The third-order valence-electron chi connectivity index (χ3n) is 3.33. The minimum absolute atomic E-state index is 0.174. The molecule has 0 aromatic heterocycles. The van der Waals surface area contributed by atoms with Gasteiger partial charge in [-0.25, -0.2) is 8.42 Å². The van der Waals surface area contributed by atoms with E-state index in [4.69, 9.17) is 4.74 Å². The summed E-state index contributed by atoms with van der Waals surface area (Å²) < 4.78 is 31.3. The number of halogens is 1. The van der Waals surface area contributed by atoms with E-state index in [1.807, 2.05) is 6.07 Å².